The standard InChI is InChI=1S/C13H13F3O3/c1-3-18-11(17)10-12(2,19-10)8-6-4-5-7-9(8)13(14,15)16/h4-7,10H,3H2,1-2H3. The molecule has 1 aromatic rings. The van der Waals surface area contributed by atoms with Gasteiger partial charge in [-0.25, -0.2) is 4.79 Å². The predicted octanol–water partition coefficient (Wildman–Crippen LogP) is 2.88. The molecule has 0 N–H and O–H groups in total. The summed E-state index contributed by atoms with van der Waals surface area (Å²) >= 11 is 0. The van der Waals surface area contributed by atoms with E-state index in [-0.39, 0.29) is 12.2 Å². The summed E-state index contributed by atoms with van der Waals surface area (Å²) in [7, 11) is 0. The number of hydrogen-bond donors (Lipinski definition) is 0. The number of benzene rings is 1. The van der Waals surface area contributed by atoms with Gasteiger partial charge in [0.05, 0.1) is 12.2 Å². The van der Waals surface area contributed by atoms with E-state index in [0.29, 0.717) is 0 Å². The highest BCUT2D eigenvalue weighted by Crippen LogP contribution is 2.50. The molecule has 2 unspecified atom stereocenters. The fourth-order valence-corrected chi connectivity index (χ4v) is 2.07. The SMILES string of the molecule is CCOC(=O)C1OC1(C)c1ccccc1C(F)(F)F. The highest BCUT2D eigenvalue weighted by molar-refractivity contribution is 5.80. The van der Waals surface area contributed by atoms with Crippen LogP contribution < -0.4 is 0 Å². The minimum atomic E-state index is -4.48. The maximum absolute atomic E-state index is 12.9. The van der Waals surface area contributed by atoms with Crippen molar-refractivity contribution in [1.29, 1.82) is 0 Å². The van der Waals surface area contributed by atoms with Crippen LogP contribution in [-0.2, 0) is 26.0 Å². The Morgan fingerprint density at radius 2 is 2.05 bits per heavy atom. The van der Waals surface area contributed by atoms with Crippen molar-refractivity contribution in [3.05, 3.63) is 35.4 Å². The second-order valence-electron chi connectivity index (χ2n) is 4.40. The molecular weight excluding hydrogens is 261 g/mol. The topological polar surface area (TPSA) is 38.8 Å². The maximum atomic E-state index is 12.9. The lowest BCUT2D eigenvalue weighted by Gasteiger charge is -2.15. The molecule has 2 rings (SSSR count). The van der Waals surface area contributed by atoms with Crippen LogP contribution in [0.1, 0.15) is 25.0 Å². The fourth-order valence-electron chi connectivity index (χ4n) is 2.07. The largest absolute Gasteiger partial charge is 0.464 e. The Morgan fingerprint density at radius 1 is 1.42 bits per heavy atom. The highest BCUT2D eigenvalue weighted by Gasteiger charge is 2.61. The zero-order valence-corrected chi connectivity index (χ0v) is 10.5. The quantitative estimate of drug-likeness (QED) is 0.628. The van der Waals surface area contributed by atoms with E-state index in [1.165, 1.54) is 25.1 Å². The van der Waals surface area contributed by atoms with Crippen LogP contribution in [0, 0.1) is 0 Å². The molecule has 2 atom stereocenters. The van der Waals surface area contributed by atoms with E-state index in [9.17, 15) is 18.0 Å². The van der Waals surface area contributed by atoms with Gasteiger partial charge in [0.15, 0.2) is 6.10 Å². The Hall–Kier alpha value is -1.56. The number of esters is 1. The molecule has 6 heteroatoms. The van der Waals surface area contributed by atoms with Gasteiger partial charge in [-0.3, -0.25) is 0 Å². The van der Waals surface area contributed by atoms with Crippen LogP contribution in [-0.4, -0.2) is 18.7 Å². The summed E-state index contributed by atoms with van der Waals surface area (Å²) in [6.45, 7) is 3.25. The highest BCUT2D eigenvalue weighted by atomic mass is 19.4. The second-order valence-corrected chi connectivity index (χ2v) is 4.40. The second kappa shape index (κ2) is 4.52. The lowest BCUT2D eigenvalue weighted by molar-refractivity contribution is -0.144. The van der Waals surface area contributed by atoms with Crippen LogP contribution in [0.25, 0.3) is 0 Å². The summed E-state index contributed by atoms with van der Waals surface area (Å²) in [4.78, 5) is 11.5. The average molecular weight is 274 g/mol. The van der Waals surface area contributed by atoms with Crippen LogP contribution in [0.2, 0.25) is 0 Å². The van der Waals surface area contributed by atoms with Crippen LogP contribution in [0.3, 0.4) is 0 Å². The summed E-state index contributed by atoms with van der Waals surface area (Å²) in [5.74, 6) is -0.637. The van der Waals surface area contributed by atoms with Gasteiger partial charge in [-0.1, -0.05) is 18.2 Å². The van der Waals surface area contributed by atoms with Gasteiger partial charge in [0.1, 0.15) is 5.60 Å². The third-order valence-corrected chi connectivity index (χ3v) is 3.07. The summed E-state index contributed by atoms with van der Waals surface area (Å²) < 4.78 is 48.7. The molecular formula is C13H13F3O3. The number of carbonyl (C=O) groups is 1. The van der Waals surface area contributed by atoms with Gasteiger partial charge in [-0.05, 0) is 25.5 Å². The van der Waals surface area contributed by atoms with Crippen molar-refractivity contribution in [2.45, 2.75) is 31.7 Å². The van der Waals surface area contributed by atoms with E-state index in [2.05, 4.69) is 0 Å². The van der Waals surface area contributed by atoms with E-state index in [1.807, 2.05) is 0 Å². The number of rotatable bonds is 3. The zero-order chi connectivity index (χ0) is 14.3. The van der Waals surface area contributed by atoms with E-state index in [1.54, 1.807) is 6.92 Å². The molecule has 3 nitrogen and oxygen atoms in total. The molecule has 104 valence electrons. The minimum Gasteiger partial charge on any atom is -0.464 e. The van der Waals surface area contributed by atoms with Gasteiger partial charge in [0, 0.05) is 0 Å². The average Bonchev–Trinajstić information content (AvgIpc) is 3.03. The molecule has 1 aliphatic rings. The van der Waals surface area contributed by atoms with Crippen molar-refractivity contribution >= 4 is 5.97 Å². The Bertz CT molecular complexity index is 498. The smallest absolute Gasteiger partial charge is 0.416 e. The van der Waals surface area contributed by atoms with Gasteiger partial charge in [0.25, 0.3) is 0 Å². The molecule has 0 aromatic heterocycles. The molecule has 1 aliphatic heterocycles. The van der Waals surface area contributed by atoms with Crippen molar-refractivity contribution in [2.24, 2.45) is 0 Å². The van der Waals surface area contributed by atoms with Crippen LogP contribution >= 0.6 is 0 Å². The number of alkyl halides is 3. The van der Waals surface area contributed by atoms with E-state index in [4.69, 9.17) is 9.47 Å². The van der Waals surface area contributed by atoms with Gasteiger partial charge < -0.3 is 9.47 Å². The van der Waals surface area contributed by atoms with Crippen LogP contribution in [0.4, 0.5) is 13.2 Å². The summed E-state index contributed by atoms with van der Waals surface area (Å²) in [5, 5.41) is 0. The number of carbonyl (C=O) groups excluding carboxylic acids is 1. The lowest BCUT2D eigenvalue weighted by atomic mass is 9.92. The van der Waals surface area contributed by atoms with Crippen molar-refractivity contribution in [3.8, 4) is 0 Å². The van der Waals surface area contributed by atoms with Crippen molar-refractivity contribution in [3.63, 3.8) is 0 Å². The first kappa shape index (κ1) is 13.9. The van der Waals surface area contributed by atoms with Crippen molar-refractivity contribution in [2.75, 3.05) is 6.61 Å². The molecule has 0 bridgehead atoms. The zero-order valence-electron chi connectivity index (χ0n) is 10.5. The summed E-state index contributed by atoms with van der Waals surface area (Å²) in [5.41, 5.74) is -2.09. The lowest BCUT2D eigenvalue weighted by Crippen LogP contribution is -2.22. The number of epoxide rings is 1. The molecule has 1 fully saturated rings. The molecule has 0 aliphatic carbocycles. The van der Waals surface area contributed by atoms with Gasteiger partial charge in [-0.15, -0.1) is 0 Å². The number of halogens is 3. The third kappa shape index (κ3) is 2.45. The first-order chi connectivity index (χ1) is 8.80. The molecule has 0 amide bonds. The van der Waals surface area contributed by atoms with Crippen LogP contribution in [0.5, 0.6) is 0 Å². The Kier molecular flexibility index (Phi) is 3.30. The molecule has 0 saturated carbocycles. The van der Waals surface area contributed by atoms with E-state index in [0.717, 1.165) is 6.07 Å². The normalized spacial score (nSPS) is 26.1. The van der Waals surface area contributed by atoms with Gasteiger partial charge in [-0.2, -0.15) is 13.2 Å². The van der Waals surface area contributed by atoms with Gasteiger partial charge >= 0.3 is 12.1 Å². The Labute approximate surface area is 108 Å². The van der Waals surface area contributed by atoms with Crippen LogP contribution in [0.15, 0.2) is 24.3 Å². The van der Waals surface area contributed by atoms with E-state index >= 15 is 0 Å². The van der Waals surface area contributed by atoms with Gasteiger partial charge in [0.2, 0.25) is 0 Å². The first-order valence-corrected chi connectivity index (χ1v) is 5.82. The molecule has 1 aromatic carbocycles. The van der Waals surface area contributed by atoms with Crippen molar-refractivity contribution < 1.29 is 27.4 Å². The van der Waals surface area contributed by atoms with Crippen molar-refractivity contribution in [1.82, 2.24) is 0 Å². The molecule has 19 heavy (non-hydrogen) atoms. The minimum absolute atomic E-state index is 0.0412. The Balaban J connectivity index is 2.32. The van der Waals surface area contributed by atoms with E-state index < -0.39 is 29.4 Å². The molecule has 0 radical (unpaired) electrons. The third-order valence-electron chi connectivity index (χ3n) is 3.07. The number of hydrogen-bond acceptors (Lipinski definition) is 3. The molecule has 1 saturated heterocycles. The first-order valence-electron chi connectivity index (χ1n) is 5.82. The summed E-state index contributed by atoms with van der Waals surface area (Å²) in [6, 6.07) is 5.09. The molecule has 0 spiro atoms. The molecule has 1 heterocycles. The Morgan fingerprint density at radius 3 is 2.63 bits per heavy atom. The summed E-state index contributed by atoms with van der Waals surface area (Å²) in [6.07, 6.45) is -5.46. The monoisotopic (exact) mass is 274 g/mol. The maximum Gasteiger partial charge on any atom is 0.416 e. The predicted molar refractivity (Wildman–Crippen MR) is 60.3 cm³/mol. The fraction of sp³-hybridized carbons (Fsp3) is 0.462. The number of ether oxygens (including phenoxy) is 2.